The second-order valence-corrected chi connectivity index (χ2v) is 9.59. The van der Waals surface area contributed by atoms with Crippen LogP contribution in [-0.4, -0.2) is 12.5 Å². The first kappa shape index (κ1) is 23.6. The standard InChI is InChI=1S/C29H41NO/c1-5-6-7-8-9-10-11-14-17-30(28-23(3)18-22(2)19-24(28)4)29(31)27-20-25-15-12-13-16-26(25)21-27/h12-13,15-16,18-19,27H,5-11,14,17,20-21H2,1-4H3. The minimum absolute atomic E-state index is 0.0755. The van der Waals surface area contributed by atoms with Crippen molar-refractivity contribution >= 4 is 11.6 Å². The van der Waals surface area contributed by atoms with E-state index in [-0.39, 0.29) is 5.92 Å². The van der Waals surface area contributed by atoms with Crippen molar-refractivity contribution in [2.45, 2.75) is 91.9 Å². The Morgan fingerprint density at radius 2 is 1.35 bits per heavy atom. The summed E-state index contributed by atoms with van der Waals surface area (Å²) in [6.45, 7) is 9.57. The summed E-state index contributed by atoms with van der Waals surface area (Å²) >= 11 is 0. The van der Waals surface area contributed by atoms with Gasteiger partial charge in [-0.1, -0.05) is 93.8 Å². The normalized spacial score (nSPS) is 13.4. The molecule has 2 heteroatoms. The third-order valence-corrected chi connectivity index (χ3v) is 6.81. The molecule has 0 saturated carbocycles. The zero-order valence-electron chi connectivity index (χ0n) is 20.2. The van der Waals surface area contributed by atoms with Gasteiger partial charge >= 0.3 is 0 Å². The monoisotopic (exact) mass is 419 g/mol. The van der Waals surface area contributed by atoms with Crippen LogP contribution in [0.2, 0.25) is 0 Å². The molecule has 2 aromatic rings. The molecule has 31 heavy (non-hydrogen) atoms. The van der Waals surface area contributed by atoms with Crippen LogP contribution in [0.3, 0.4) is 0 Å². The molecule has 0 radical (unpaired) electrons. The molecule has 2 nitrogen and oxygen atoms in total. The molecule has 1 aliphatic rings. The van der Waals surface area contributed by atoms with Crippen molar-refractivity contribution < 1.29 is 4.79 Å². The fraction of sp³-hybridized carbons (Fsp3) is 0.552. The van der Waals surface area contributed by atoms with Crippen LogP contribution in [-0.2, 0) is 17.6 Å². The van der Waals surface area contributed by atoms with E-state index in [4.69, 9.17) is 0 Å². The largest absolute Gasteiger partial charge is 0.312 e. The van der Waals surface area contributed by atoms with Gasteiger partial charge in [-0.15, -0.1) is 0 Å². The predicted molar refractivity (Wildman–Crippen MR) is 133 cm³/mol. The Kier molecular flexibility index (Phi) is 8.75. The highest BCUT2D eigenvalue weighted by molar-refractivity contribution is 5.97. The molecule has 0 aromatic heterocycles. The van der Waals surface area contributed by atoms with Gasteiger partial charge in [-0.3, -0.25) is 4.79 Å². The van der Waals surface area contributed by atoms with E-state index < -0.39 is 0 Å². The first-order chi connectivity index (χ1) is 15.0. The van der Waals surface area contributed by atoms with Crippen molar-refractivity contribution in [1.82, 2.24) is 0 Å². The average Bonchev–Trinajstić information content (AvgIpc) is 3.17. The van der Waals surface area contributed by atoms with Gasteiger partial charge in [0.1, 0.15) is 0 Å². The summed E-state index contributed by atoms with van der Waals surface area (Å²) in [7, 11) is 0. The van der Waals surface area contributed by atoms with Crippen molar-refractivity contribution in [3.63, 3.8) is 0 Å². The third-order valence-electron chi connectivity index (χ3n) is 6.81. The highest BCUT2D eigenvalue weighted by atomic mass is 16.2. The topological polar surface area (TPSA) is 20.3 Å². The molecule has 0 bridgehead atoms. The number of amides is 1. The van der Waals surface area contributed by atoms with Gasteiger partial charge in [-0.2, -0.15) is 0 Å². The molecular formula is C29H41NO. The zero-order valence-corrected chi connectivity index (χ0v) is 20.2. The average molecular weight is 420 g/mol. The van der Waals surface area contributed by atoms with E-state index >= 15 is 0 Å². The van der Waals surface area contributed by atoms with E-state index in [2.05, 4.69) is 69.0 Å². The lowest BCUT2D eigenvalue weighted by Gasteiger charge is -2.29. The van der Waals surface area contributed by atoms with Crippen LogP contribution in [0.5, 0.6) is 0 Å². The van der Waals surface area contributed by atoms with Crippen molar-refractivity contribution in [3.8, 4) is 0 Å². The van der Waals surface area contributed by atoms with Crippen LogP contribution in [0.25, 0.3) is 0 Å². The summed E-state index contributed by atoms with van der Waals surface area (Å²) in [6.07, 6.45) is 12.1. The second-order valence-electron chi connectivity index (χ2n) is 9.59. The molecule has 0 saturated heterocycles. The highest BCUT2D eigenvalue weighted by Crippen LogP contribution is 2.33. The van der Waals surface area contributed by atoms with E-state index in [1.807, 2.05) is 0 Å². The lowest BCUT2D eigenvalue weighted by molar-refractivity contribution is -0.122. The summed E-state index contributed by atoms with van der Waals surface area (Å²) in [5, 5.41) is 0. The van der Waals surface area contributed by atoms with Gasteiger partial charge in [-0.25, -0.2) is 0 Å². The zero-order chi connectivity index (χ0) is 22.2. The van der Waals surface area contributed by atoms with E-state index in [1.165, 1.54) is 72.8 Å². The molecule has 0 spiro atoms. The van der Waals surface area contributed by atoms with Crippen LogP contribution in [0.1, 0.15) is 86.1 Å². The van der Waals surface area contributed by atoms with Gasteiger partial charge in [0.2, 0.25) is 5.91 Å². The lowest BCUT2D eigenvalue weighted by atomic mass is 9.99. The number of anilines is 1. The summed E-state index contributed by atoms with van der Waals surface area (Å²) in [4.78, 5) is 15.9. The summed E-state index contributed by atoms with van der Waals surface area (Å²) in [5.41, 5.74) is 7.57. The lowest BCUT2D eigenvalue weighted by Crippen LogP contribution is -2.38. The van der Waals surface area contributed by atoms with Crippen LogP contribution < -0.4 is 4.90 Å². The van der Waals surface area contributed by atoms with E-state index in [9.17, 15) is 4.79 Å². The maximum atomic E-state index is 13.8. The Balaban J connectivity index is 1.68. The Labute approximate surface area is 190 Å². The van der Waals surface area contributed by atoms with E-state index in [1.54, 1.807) is 0 Å². The maximum Gasteiger partial charge on any atom is 0.230 e. The molecular weight excluding hydrogens is 378 g/mol. The number of fused-ring (bicyclic) bond motifs is 1. The molecule has 1 aliphatic carbocycles. The third kappa shape index (κ3) is 6.21. The molecule has 0 atom stereocenters. The van der Waals surface area contributed by atoms with Gasteiger partial charge in [-0.05, 0) is 62.3 Å². The first-order valence-corrected chi connectivity index (χ1v) is 12.5. The van der Waals surface area contributed by atoms with E-state index in [0.717, 1.165) is 31.5 Å². The smallest absolute Gasteiger partial charge is 0.230 e. The van der Waals surface area contributed by atoms with Gasteiger partial charge in [0.15, 0.2) is 0 Å². The second kappa shape index (κ2) is 11.5. The number of carbonyl (C=O) groups excluding carboxylic acids is 1. The Hall–Kier alpha value is -2.09. The van der Waals surface area contributed by atoms with Crippen molar-refractivity contribution in [2.75, 3.05) is 11.4 Å². The van der Waals surface area contributed by atoms with Crippen LogP contribution >= 0.6 is 0 Å². The maximum absolute atomic E-state index is 13.8. The molecule has 2 aromatic carbocycles. The van der Waals surface area contributed by atoms with Gasteiger partial charge in [0, 0.05) is 18.2 Å². The number of rotatable bonds is 11. The quantitative estimate of drug-likeness (QED) is 0.345. The van der Waals surface area contributed by atoms with Crippen LogP contribution in [0.15, 0.2) is 36.4 Å². The number of hydrogen-bond donors (Lipinski definition) is 0. The van der Waals surface area contributed by atoms with Gasteiger partial charge in [0.25, 0.3) is 0 Å². The molecule has 0 N–H and O–H groups in total. The van der Waals surface area contributed by atoms with Crippen molar-refractivity contribution in [2.24, 2.45) is 5.92 Å². The fourth-order valence-electron chi connectivity index (χ4n) is 5.29. The Morgan fingerprint density at radius 3 is 1.90 bits per heavy atom. The summed E-state index contributed by atoms with van der Waals surface area (Å²) in [6, 6.07) is 13.0. The molecule has 3 rings (SSSR count). The number of carbonyl (C=O) groups is 1. The number of benzene rings is 2. The molecule has 168 valence electrons. The highest BCUT2D eigenvalue weighted by Gasteiger charge is 2.32. The Bertz CT molecular complexity index is 821. The number of nitrogens with zero attached hydrogens (tertiary/aromatic N) is 1. The van der Waals surface area contributed by atoms with Gasteiger partial charge in [0.05, 0.1) is 0 Å². The fourth-order valence-corrected chi connectivity index (χ4v) is 5.29. The number of unbranched alkanes of at least 4 members (excludes halogenated alkanes) is 7. The Morgan fingerprint density at radius 1 is 0.839 bits per heavy atom. The van der Waals surface area contributed by atoms with Crippen molar-refractivity contribution in [3.05, 3.63) is 64.2 Å². The molecule has 0 fully saturated rings. The number of hydrogen-bond acceptors (Lipinski definition) is 1. The van der Waals surface area contributed by atoms with E-state index in [0.29, 0.717) is 5.91 Å². The predicted octanol–water partition coefficient (Wildman–Crippen LogP) is 7.50. The van der Waals surface area contributed by atoms with Crippen molar-refractivity contribution in [1.29, 1.82) is 0 Å². The molecule has 0 aliphatic heterocycles. The number of aryl methyl sites for hydroxylation is 3. The SMILES string of the molecule is CCCCCCCCCCN(C(=O)C1Cc2ccccc2C1)c1c(C)cc(C)cc1C. The summed E-state index contributed by atoms with van der Waals surface area (Å²) < 4.78 is 0. The van der Waals surface area contributed by atoms with Crippen LogP contribution in [0, 0.1) is 26.7 Å². The summed E-state index contributed by atoms with van der Waals surface area (Å²) in [5.74, 6) is 0.390. The van der Waals surface area contributed by atoms with Gasteiger partial charge < -0.3 is 4.90 Å². The van der Waals surface area contributed by atoms with Crippen LogP contribution in [0.4, 0.5) is 5.69 Å². The minimum atomic E-state index is 0.0755. The molecule has 0 heterocycles. The molecule has 1 amide bonds. The minimum Gasteiger partial charge on any atom is -0.312 e. The first-order valence-electron chi connectivity index (χ1n) is 12.5. The molecule has 0 unspecified atom stereocenters.